The lowest BCUT2D eigenvalue weighted by atomic mass is 10.0. The minimum atomic E-state index is 0.123. The Hall–Kier alpha value is -2.78. The molecule has 0 aliphatic carbocycles. The summed E-state index contributed by atoms with van der Waals surface area (Å²) in [5.74, 6) is 2.29. The Kier molecular flexibility index (Phi) is 9.64. The Bertz CT molecular complexity index is 821. The summed E-state index contributed by atoms with van der Waals surface area (Å²) >= 11 is 0. The summed E-state index contributed by atoms with van der Waals surface area (Å²) in [5, 5.41) is 11.0. The average Bonchev–Trinajstić information content (AvgIpc) is 3.36. The number of hydrogen-bond acceptors (Lipinski definition) is 6. The third-order valence-electron chi connectivity index (χ3n) is 5.46. The number of methoxy groups -OCH3 is 2. The lowest BCUT2D eigenvalue weighted by Crippen LogP contribution is -2.42. The number of benzene rings is 1. The van der Waals surface area contributed by atoms with Crippen LogP contribution in [0.4, 0.5) is 0 Å². The Morgan fingerprint density at radius 3 is 2.69 bits per heavy atom. The minimum Gasteiger partial charge on any atom is -0.493 e. The molecule has 0 spiro atoms. The average molecular weight is 445 g/mol. The van der Waals surface area contributed by atoms with Gasteiger partial charge in [0, 0.05) is 45.1 Å². The predicted molar refractivity (Wildman–Crippen MR) is 126 cm³/mol. The molecule has 1 aromatic carbocycles. The second-order valence-electron chi connectivity index (χ2n) is 7.55. The fourth-order valence-electron chi connectivity index (χ4n) is 3.78. The van der Waals surface area contributed by atoms with Gasteiger partial charge in [-0.2, -0.15) is 5.10 Å². The van der Waals surface area contributed by atoms with E-state index in [2.05, 4.69) is 39.7 Å². The lowest BCUT2D eigenvalue weighted by Gasteiger charge is -2.34. The minimum absolute atomic E-state index is 0.123. The van der Waals surface area contributed by atoms with E-state index >= 15 is 0 Å². The molecule has 176 valence electrons. The van der Waals surface area contributed by atoms with E-state index in [1.807, 2.05) is 23.0 Å². The van der Waals surface area contributed by atoms with Crippen molar-refractivity contribution >= 4 is 5.96 Å². The first kappa shape index (κ1) is 23.9. The van der Waals surface area contributed by atoms with Crippen LogP contribution in [0.5, 0.6) is 11.5 Å². The van der Waals surface area contributed by atoms with Gasteiger partial charge in [0.25, 0.3) is 0 Å². The molecule has 0 radical (unpaired) electrons. The zero-order chi connectivity index (χ0) is 22.6. The molecule has 2 heterocycles. The van der Waals surface area contributed by atoms with Crippen LogP contribution < -0.4 is 20.1 Å². The van der Waals surface area contributed by atoms with Gasteiger partial charge in [-0.05, 0) is 37.1 Å². The van der Waals surface area contributed by atoms with Gasteiger partial charge >= 0.3 is 0 Å². The van der Waals surface area contributed by atoms with Crippen molar-refractivity contribution in [1.29, 1.82) is 0 Å². The molecular weight excluding hydrogens is 408 g/mol. The molecule has 1 atom stereocenters. The molecule has 0 amide bonds. The molecule has 2 aromatic rings. The molecule has 2 N–H and O–H groups in total. The van der Waals surface area contributed by atoms with Gasteiger partial charge in [-0.25, -0.2) is 0 Å². The number of ether oxygens (including phenoxy) is 3. The Morgan fingerprint density at radius 1 is 1.19 bits per heavy atom. The topological polar surface area (TPSA) is 85.2 Å². The quantitative estimate of drug-likeness (QED) is 0.311. The first-order valence-electron chi connectivity index (χ1n) is 11.3. The Morgan fingerprint density at radius 2 is 2.00 bits per heavy atom. The molecule has 1 saturated heterocycles. The van der Waals surface area contributed by atoms with Crippen LogP contribution in [0.1, 0.15) is 24.9 Å². The van der Waals surface area contributed by atoms with Gasteiger partial charge in [-0.1, -0.05) is 6.07 Å². The van der Waals surface area contributed by atoms with Crippen molar-refractivity contribution in [3.05, 3.63) is 42.2 Å². The third kappa shape index (κ3) is 6.86. The molecule has 1 aliphatic heterocycles. The normalized spacial score (nSPS) is 15.9. The second-order valence-corrected chi connectivity index (χ2v) is 7.55. The SMILES string of the molecule is CCNC(=NCC(c1ccc(OC)c(OC)c1)N1CCOCC1)NCCCn1cccn1. The highest BCUT2D eigenvalue weighted by Gasteiger charge is 2.24. The fraction of sp³-hybridized carbons (Fsp3) is 0.565. The highest BCUT2D eigenvalue weighted by molar-refractivity contribution is 5.79. The van der Waals surface area contributed by atoms with E-state index in [1.165, 1.54) is 0 Å². The van der Waals surface area contributed by atoms with Crippen molar-refractivity contribution in [2.75, 3.05) is 60.2 Å². The number of rotatable bonds is 11. The zero-order valence-electron chi connectivity index (χ0n) is 19.4. The zero-order valence-corrected chi connectivity index (χ0v) is 19.4. The van der Waals surface area contributed by atoms with E-state index in [0.29, 0.717) is 6.54 Å². The molecule has 9 nitrogen and oxygen atoms in total. The molecule has 1 aliphatic rings. The summed E-state index contributed by atoms with van der Waals surface area (Å²) < 4.78 is 18.5. The van der Waals surface area contributed by atoms with E-state index in [1.54, 1.807) is 20.4 Å². The summed E-state index contributed by atoms with van der Waals surface area (Å²) in [6.45, 7) is 8.44. The standard InChI is InChI=1S/C23H36N6O3/c1-4-24-23(25-9-5-11-29-12-6-10-27-29)26-18-20(28-13-15-32-16-14-28)19-7-8-21(30-2)22(17-19)31-3/h6-8,10,12,17,20H,4-5,9,11,13-16,18H2,1-3H3,(H2,24,25,26). The first-order valence-corrected chi connectivity index (χ1v) is 11.3. The molecule has 9 heteroatoms. The summed E-state index contributed by atoms with van der Waals surface area (Å²) in [5.41, 5.74) is 1.16. The van der Waals surface area contributed by atoms with Gasteiger partial charge in [-0.15, -0.1) is 0 Å². The second kappa shape index (κ2) is 12.9. The van der Waals surface area contributed by atoms with Crippen LogP contribution in [0, 0.1) is 0 Å². The van der Waals surface area contributed by atoms with E-state index in [9.17, 15) is 0 Å². The molecule has 1 aromatic heterocycles. The molecule has 1 unspecified atom stereocenters. The number of aromatic nitrogens is 2. The van der Waals surface area contributed by atoms with Crippen LogP contribution in [0.25, 0.3) is 0 Å². The molecule has 1 fully saturated rings. The van der Waals surface area contributed by atoms with Crippen LogP contribution in [0.2, 0.25) is 0 Å². The molecule has 0 saturated carbocycles. The van der Waals surface area contributed by atoms with Crippen molar-refractivity contribution in [3.63, 3.8) is 0 Å². The largest absolute Gasteiger partial charge is 0.493 e. The maximum Gasteiger partial charge on any atom is 0.191 e. The highest BCUT2D eigenvalue weighted by atomic mass is 16.5. The number of guanidine groups is 1. The van der Waals surface area contributed by atoms with Gasteiger partial charge in [0.15, 0.2) is 17.5 Å². The van der Waals surface area contributed by atoms with Crippen molar-refractivity contribution in [3.8, 4) is 11.5 Å². The van der Waals surface area contributed by atoms with Crippen LogP contribution >= 0.6 is 0 Å². The summed E-state index contributed by atoms with van der Waals surface area (Å²) in [7, 11) is 3.32. The van der Waals surface area contributed by atoms with Gasteiger partial charge in [0.05, 0.1) is 40.0 Å². The van der Waals surface area contributed by atoms with Crippen molar-refractivity contribution in [2.24, 2.45) is 4.99 Å². The summed E-state index contributed by atoms with van der Waals surface area (Å²) in [4.78, 5) is 7.34. The third-order valence-corrected chi connectivity index (χ3v) is 5.46. The molecular formula is C23H36N6O3. The van der Waals surface area contributed by atoms with E-state index in [4.69, 9.17) is 19.2 Å². The number of aryl methyl sites for hydroxylation is 1. The number of nitrogens with zero attached hydrogens (tertiary/aromatic N) is 4. The number of hydrogen-bond donors (Lipinski definition) is 2. The Balaban J connectivity index is 1.69. The van der Waals surface area contributed by atoms with Gasteiger partial charge in [0.2, 0.25) is 0 Å². The Labute approximate surface area is 190 Å². The molecule has 3 rings (SSSR count). The van der Waals surface area contributed by atoms with Crippen molar-refractivity contribution < 1.29 is 14.2 Å². The van der Waals surface area contributed by atoms with E-state index < -0.39 is 0 Å². The van der Waals surface area contributed by atoms with Gasteiger partial charge < -0.3 is 24.8 Å². The maximum atomic E-state index is 5.57. The van der Waals surface area contributed by atoms with Gasteiger partial charge in [0.1, 0.15) is 0 Å². The highest BCUT2D eigenvalue weighted by Crippen LogP contribution is 2.32. The number of aliphatic imine (C=N–C) groups is 1. The van der Waals surface area contributed by atoms with Gasteiger partial charge in [-0.3, -0.25) is 14.6 Å². The van der Waals surface area contributed by atoms with E-state index in [-0.39, 0.29) is 6.04 Å². The van der Waals surface area contributed by atoms with E-state index in [0.717, 1.165) is 75.4 Å². The smallest absolute Gasteiger partial charge is 0.191 e. The van der Waals surface area contributed by atoms with Crippen molar-refractivity contribution in [1.82, 2.24) is 25.3 Å². The maximum absolute atomic E-state index is 5.57. The summed E-state index contributed by atoms with van der Waals surface area (Å²) in [6.07, 6.45) is 4.75. The van der Waals surface area contributed by atoms with Crippen LogP contribution in [0.3, 0.4) is 0 Å². The molecule has 32 heavy (non-hydrogen) atoms. The monoisotopic (exact) mass is 444 g/mol. The van der Waals surface area contributed by atoms with Crippen LogP contribution in [0.15, 0.2) is 41.7 Å². The molecule has 0 bridgehead atoms. The lowest BCUT2D eigenvalue weighted by molar-refractivity contribution is 0.0179. The van der Waals surface area contributed by atoms with Crippen LogP contribution in [-0.4, -0.2) is 80.8 Å². The van der Waals surface area contributed by atoms with Crippen molar-refractivity contribution in [2.45, 2.75) is 25.9 Å². The van der Waals surface area contributed by atoms with Crippen LogP contribution in [-0.2, 0) is 11.3 Å². The predicted octanol–water partition coefficient (Wildman–Crippen LogP) is 1.92. The first-order chi connectivity index (χ1) is 15.7. The number of nitrogens with one attached hydrogen (secondary N) is 2. The number of morpholine rings is 1. The fourth-order valence-corrected chi connectivity index (χ4v) is 3.78. The summed E-state index contributed by atoms with van der Waals surface area (Å²) in [6, 6.07) is 8.18.